The van der Waals surface area contributed by atoms with Crippen molar-refractivity contribution in [3.8, 4) is 0 Å². The molecule has 0 bridgehead atoms. The van der Waals surface area contributed by atoms with Gasteiger partial charge in [0, 0.05) is 38.9 Å². The molecule has 0 amide bonds. The lowest BCUT2D eigenvalue weighted by atomic mass is 10.0. The van der Waals surface area contributed by atoms with Crippen molar-refractivity contribution < 1.29 is 8.42 Å². The van der Waals surface area contributed by atoms with Gasteiger partial charge in [-0.05, 0) is 44.0 Å². The summed E-state index contributed by atoms with van der Waals surface area (Å²) >= 11 is 0. The number of sulfonamides is 1. The van der Waals surface area contributed by atoms with Crippen molar-refractivity contribution in [2.24, 2.45) is 0 Å². The number of hydrogen-bond donors (Lipinski definition) is 1. The number of nitrogens with zero attached hydrogens (tertiary/aromatic N) is 2. The minimum atomic E-state index is -3.09. The van der Waals surface area contributed by atoms with E-state index < -0.39 is 10.0 Å². The molecule has 1 aliphatic heterocycles. The highest BCUT2D eigenvalue weighted by Crippen LogP contribution is 2.32. The van der Waals surface area contributed by atoms with E-state index in [0.717, 1.165) is 25.9 Å². The van der Waals surface area contributed by atoms with Crippen LogP contribution in [0.15, 0.2) is 24.3 Å². The lowest BCUT2D eigenvalue weighted by Gasteiger charge is -2.26. The molecule has 1 aromatic carbocycles. The predicted molar refractivity (Wildman–Crippen MR) is 91.8 cm³/mol. The van der Waals surface area contributed by atoms with Crippen LogP contribution in [-0.4, -0.2) is 52.8 Å². The average Bonchev–Trinajstić information content (AvgIpc) is 2.95. The summed E-state index contributed by atoms with van der Waals surface area (Å²) in [5, 5.41) is 0. The normalized spacial score (nSPS) is 19.5. The summed E-state index contributed by atoms with van der Waals surface area (Å²) in [5.74, 6) is 0.140. The summed E-state index contributed by atoms with van der Waals surface area (Å²) in [5.41, 5.74) is 2.53. The van der Waals surface area contributed by atoms with Gasteiger partial charge in [0.15, 0.2) is 0 Å². The number of rotatable bonds is 7. The third-order valence-corrected chi connectivity index (χ3v) is 5.64. The highest BCUT2D eigenvalue weighted by atomic mass is 32.2. The van der Waals surface area contributed by atoms with E-state index in [4.69, 9.17) is 0 Å². The largest absolute Gasteiger partial charge is 0.378 e. The molecule has 0 saturated carbocycles. The summed E-state index contributed by atoms with van der Waals surface area (Å²) in [6, 6.07) is 9.01. The fourth-order valence-corrected chi connectivity index (χ4v) is 3.53. The summed E-state index contributed by atoms with van der Waals surface area (Å²) in [4.78, 5) is 4.49. The van der Waals surface area contributed by atoms with E-state index in [1.165, 1.54) is 11.3 Å². The average molecular weight is 325 g/mol. The van der Waals surface area contributed by atoms with Gasteiger partial charge >= 0.3 is 0 Å². The van der Waals surface area contributed by atoms with E-state index in [2.05, 4.69) is 38.8 Å². The van der Waals surface area contributed by atoms with E-state index in [9.17, 15) is 8.42 Å². The Morgan fingerprint density at radius 2 is 2.14 bits per heavy atom. The number of likely N-dealkylation sites (tertiary alicyclic amines) is 1. The zero-order valence-corrected chi connectivity index (χ0v) is 14.6. The van der Waals surface area contributed by atoms with Gasteiger partial charge < -0.3 is 4.90 Å². The standard InChI is InChI=1S/C16H27N3O2S/c1-4-22(20,21)17-10-12-19-11-6-9-16(19)14-7-5-8-15(13-14)18(2)3/h5,7-8,13,16-17H,4,6,9-12H2,1-3H3/t16-/m1/s1. The quantitative estimate of drug-likeness (QED) is 0.831. The van der Waals surface area contributed by atoms with Gasteiger partial charge in [0.2, 0.25) is 10.0 Å². The minimum Gasteiger partial charge on any atom is -0.378 e. The van der Waals surface area contributed by atoms with Gasteiger partial charge in [-0.15, -0.1) is 0 Å². The van der Waals surface area contributed by atoms with Crippen molar-refractivity contribution in [1.82, 2.24) is 9.62 Å². The second kappa shape index (κ2) is 7.44. The Morgan fingerprint density at radius 3 is 2.82 bits per heavy atom. The minimum absolute atomic E-state index is 0.140. The molecule has 0 aromatic heterocycles. The zero-order valence-electron chi connectivity index (χ0n) is 13.7. The summed E-state index contributed by atoms with van der Waals surface area (Å²) < 4.78 is 25.7. The SMILES string of the molecule is CCS(=O)(=O)NCCN1CCC[C@@H]1c1cccc(N(C)C)c1. The molecule has 0 aliphatic carbocycles. The predicted octanol–water partition coefficient (Wildman–Crippen LogP) is 1.83. The Bertz CT molecular complexity index is 587. The van der Waals surface area contributed by atoms with Crippen LogP contribution in [0, 0.1) is 0 Å². The van der Waals surface area contributed by atoms with Gasteiger partial charge in [-0.3, -0.25) is 4.90 Å². The fourth-order valence-electron chi connectivity index (χ4n) is 2.93. The van der Waals surface area contributed by atoms with Crippen LogP contribution in [0.2, 0.25) is 0 Å². The molecular weight excluding hydrogens is 298 g/mol. The third-order valence-electron chi connectivity index (χ3n) is 4.24. The van der Waals surface area contributed by atoms with Crippen LogP contribution < -0.4 is 9.62 Å². The Balaban J connectivity index is 2.00. The van der Waals surface area contributed by atoms with E-state index in [1.807, 2.05) is 14.1 Å². The van der Waals surface area contributed by atoms with Gasteiger partial charge in [0.1, 0.15) is 0 Å². The van der Waals surface area contributed by atoms with Gasteiger partial charge in [0.05, 0.1) is 5.75 Å². The molecule has 0 unspecified atom stereocenters. The highest BCUT2D eigenvalue weighted by Gasteiger charge is 2.26. The van der Waals surface area contributed by atoms with E-state index >= 15 is 0 Å². The number of anilines is 1. The Labute approximate surface area is 134 Å². The van der Waals surface area contributed by atoms with Crippen molar-refractivity contribution >= 4 is 15.7 Å². The molecule has 1 fully saturated rings. The Hall–Kier alpha value is -1.11. The van der Waals surface area contributed by atoms with Crippen molar-refractivity contribution in [2.75, 3.05) is 44.4 Å². The zero-order chi connectivity index (χ0) is 16.2. The first kappa shape index (κ1) is 17.2. The third kappa shape index (κ3) is 4.44. The van der Waals surface area contributed by atoms with Crippen LogP contribution in [0.5, 0.6) is 0 Å². The lowest BCUT2D eigenvalue weighted by Crippen LogP contribution is -2.35. The van der Waals surface area contributed by atoms with Gasteiger partial charge in [-0.1, -0.05) is 12.1 Å². The van der Waals surface area contributed by atoms with Crippen LogP contribution in [0.4, 0.5) is 5.69 Å². The smallest absolute Gasteiger partial charge is 0.211 e. The van der Waals surface area contributed by atoms with Crippen molar-refractivity contribution in [3.05, 3.63) is 29.8 Å². The molecule has 0 radical (unpaired) electrons. The van der Waals surface area contributed by atoms with Crippen molar-refractivity contribution in [3.63, 3.8) is 0 Å². The van der Waals surface area contributed by atoms with E-state index in [1.54, 1.807) is 6.92 Å². The molecule has 1 atom stereocenters. The maximum atomic E-state index is 11.5. The van der Waals surface area contributed by atoms with Crippen LogP contribution in [0.25, 0.3) is 0 Å². The fraction of sp³-hybridized carbons (Fsp3) is 0.625. The Kier molecular flexibility index (Phi) is 5.83. The van der Waals surface area contributed by atoms with Crippen LogP contribution in [0.3, 0.4) is 0 Å². The molecule has 2 rings (SSSR count). The van der Waals surface area contributed by atoms with Gasteiger partial charge in [-0.25, -0.2) is 13.1 Å². The summed E-state index contributed by atoms with van der Waals surface area (Å²) in [6.45, 7) is 3.94. The summed E-state index contributed by atoms with van der Waals surface area (Å²) in [6.07, 6.45) is 2.30. The first-order chi connectivity index (χ1) is 10.4. The summed E-state index contributed by atoms with van der Waals surface area (Å²) in [7, 11) is 0.999. The van der Waals surface area contributed by atoms with E-state index in [-0.39, 0.29) is 5.75 Å². The maximum Gasteiger partial charge on any atom is 0.211 e. The first-order valence-electron chi connectivity index (χ1n) is 7.91. The molecule has 5 nitrogen and oxygen atoms in total. The van der Waals surface area contributed by atoms with Gasteiger partial charge in [0.25, 0.3) is 0 Å². The van der Waals surface area contributed by atoms with Crippen LogP contribution in [-0.2, 0) is 10.0 Å². The van der Waals surface area contributed by atoms with Crippen molar-refractivity contribution in [1.29, 1.82) is 0 Å². The lowest BCUT2D eigenvalue weighted by molar-refractivity contribution is 0.262. The highest BCUT2D eigenvalue weighted by molar-refractivity contribution is 7.89. The second-order valence-corrected chi connectivity index (χ2v) is 8.08. The molecule has 1 saturated heterocycles. The number of nitrogens with one attached hydrogen (secondary N) is 1. The molecule has 6 heteroatoms. The first-order valence-corrected chi connectivity index (χ1v) is 9.57. The molecule has 1 aliphatic rings. The molecule has 1 aromatic rings. The number of hydrogen-bond acceptors (Lipinski definition) is 4. The topological polar surface area (TPSA) is 52.7 Å². The van der Waals surface area contributed by atoms with E-state index in [0.29, 0.717) is 12.6 Å². The van der Waals surface area contributed by atoms with Crippen molar-refractivity contribution in [2.45, 2.75) is 25.8 Å². The monoisotopic (exact) mass is 325 g/mol. The second-order valence-electron chi connectivity index (χ2n) is 5.98. The molecule has 124 valence electrons. The maximum absolute atomic E-state index is 11.5. The van der Waals surface area contributed by atoms with Crippen LogP contribution in [0.1, 0.15) is 31.4 Å². The molecular formula is C16H27N3O2S. The van der Waals surface area contributed by atoms with Crippen LogP contribution >= 0.6 is 0 Å². The molecule has 0 spiro atoms. The molecule has 22 heavy (non-hydrogen) atoms. The molecule has 1 N–H and O–H groups in total. The van der Waals surface area contributed by atoms with Gasteiger partial charge in [-0.2, -0.15) is 0 Å². The Morgan fingerprint density at radius 1 is 1.36 bits per heavy atom. The number of benzene rings is 1. The molecule has 1 heterocycles.